The quantitative estimate of drug-likeness (QED) is 0.422. The van der Waals surface area contributed by atoms with E-state index in [1.807, 2.05) is 49.8 Å². The van der Waals surface area contributed by atoms with Crippen LogP contribution in [-0.4, -0.2) is 43.0 Å². The largest absolute Gasteiger partial charge is 0.495 e. The molecule has 0 aliphatic carbocycles. The summed E-state index contributed by atoms with van der Waals surface area (Å²) in [7, 11) is 6.54. The number of hydrogen-bond acceptors (Lipinski definition) is 6. The van der Waals surface area contributed by atoms with Gasteiger partial charge >= 0.3 is 0 Å². The summed E-state index contributed by atoms with van der Waals surface area (Å²) in [4.78, 5) is 17.7. The van der Waals surface area contributed by atoms with Crippen molar-refractivity contribution in [2.45, 2.75) is 20.4 Å². The third-order valence-electron chi connectivity index (χ3n) is 5.29. The average molecular weight is 452 g/mol. The van der Waals surface area contributed by atoms with Crippen LogP contribution in [0, 0.1) is 13.8 Å². The number of aromatic nitrogens is 2. The molecule has 0 saturated carbocycles. The number of aryl methyl sites for hydroxylation is 2. The van der Waals surface area contributed by atoms with Crippen molar-refractivity contribution in [3.05, 3.63) is 65.0 Å². The van der Waals surface area contributed by atoms with Gasteiger partial charge in [-0.1, -0.05) is 12.1 Å². The number of nitrogens with one attached hydrogen (secondary N) is 2. The summed E-state index contributed by atoms with van der Waals surface area (Å²) in [6, 6.07) is 12.4. The highest BCUT2D eigenvalue weighted by Gasteiger charge is 2.15. The SMILES string of the molecule is COc1ccccc1NC(=NCc1c(C)nn(C)c1C)NC(=O)c1ccc(OC)c(OC)c1. The van der Waals surface area contributed by atoms with Gasteiger partial charge in [0.25, 0.3) is 5.91 Å². The molecule has 1 heterocycles. The predicted molar refractivity (Wildman–Crippen MR) is 127 cm³/mol. The van der Waals surface area contributed by atoms with E-state index in [1.165, 1.54) is 7.11 Å². The number of para-hydroxylation sites is 2. The lowest BCUT2D eigenvalue weighted by atomic mass is 10.2. The third kappa shape index (κ3) is 5.43. The van der Waals surface area contributed by atoms with Gasteiger partial charge in [0.05, 0.1) is 39.3 Å². The van der Waals surface area contributed by atoms with E-state index >= 15 is 0 Å². The van der Waals surface area contributed by atoms with Gasteiger partial charge in [-0.05, 0) is 44.2 Å². The first-order chi connectivity index (χ1) is 15.9. The van der Waals surface area contributed by atoms with Crippen LogP contribution in [0.3, 0.4) is 0 Å². The van der Waals surface area contributed by atoms with E-state index in [4.69, 9.17) is 14.2 Å². The molecule has 0 spiro atoms. The lowest BCUT2D eigenvalue weighted by molar-refractivity contribution is 0.0976. The molecule has 0 unspecified atom stereocenters. The lowest BCUT2D eigenvalue weighted by Crippen LogP contribution is -2.36. The molecule has 2 N–H and O–H groups in total. The molecule has 3 aromatic rings. The molecule has 9 nitrogen and oxygen atoms in total. The average Bonchev–Trinajstić information content (AvgIpc) is 3.07. The van der Waals surface area contributed by atoms with Gasteiger partial charge in [0.1, 0.15) is 5.75 Å². The van der Waals surface area contributed by atoms with E-state index < -0.39 is 0 Å². The van der Waals surface area contributed by atoms with Crippen LogP contribution < -0.4 is 24.8 Å². The minimum Gasteiger partial charge on any atom is -0.495 e. The number of hydrogen-bond donors (Lipinski definition) is 2. The fraction of sp³-hybridized carbons (Fsp3) is 0.292. The molecule has 0 bridgehead atoms. The molecule has 9 heteroatoms. The van der Waals surface area contributed by atoms with Crippen LogP contribution in [0.1, 0.15) is 27.3 Å². The number of amides is 1. The number of anilines is 1. The molecule has 1 amide bonds. The lowest BCUT2D eigenvalue weighted by Gasteiger charge is -2.15. The first-order valence-corrected chi connectivity index (χ1v) is 10.3. The molecule has 3 rings (SSSR count). The first kappa shape index (κ1) is 23.6. The van der Waals surface area contributed by atoms with Crippen LogP contribution in [0.2, 0.25) is 0 Å². The third-order valence-corrected chi connectivity index (χ3v) is 5.29. The monoisotopic (exact) mass is 451 g/mol. The topological polar surface area (TPSA) is 99.0 Å². The highest BCUT2D eigenvalue weighted by Crippen LogP contribution is 2.27. The second-order valence-corrected chi connectivity index (χ2v) is 7.29. The summed E-state index contributed by atoms with van der Waals surface area (Å²) in [5, 5.41) is 10.5. The Morgan fingerprint density at radius 3 is 2.33 bits per heavy atom. The van der Waals surface area contributed by atoms with Crippen molar-refractivity contribution >= 4 is 17.6 Å². The molecular formula is C24H29N5O4. The van der Waals surface area contributed by atoms with Gasteiger partial charge in [-0.15, -0.1) is 0 Å². The molecule has 0 radical (unpaired) electrons. The maximum Gasteiger partial charge on any atom is 0.258 e. The number of methoxy groups -OCH3 is 3. The molecule has 0 atom stereocenters. The van der Waals surface area contributed by atoms with Gasteiger partial charge < -0.3 is 19.5 Å². The zero-order valence-electron chi connectivity index (χ0n) is 19.7. The van der Waals surface area contributed by atoms with Gasteiger partial charge in [0.2, 0.25) is 5.96 Å². The fourth-order valence-corrected chi connectivity index (χ4v) is 3.35. The summed E-state index contributed by atoms with van der Waals surface area (Å²) >= 11 is 0. The molecule has 174 valence electrons. The van der Waals surface area contributed by atoms with Crippen molar-refractivity contribution in [3.63, 3.8) is 0 Å². The van der Waals surface area contributed by atoms with Gasteiger partial charge in [-0.25, -0.2) is 4.99 Å². The zero-order valence-corrected chi connectivity index (χ0v) is 19.7. The van der Waals surface area contributed by atoms with Crippen molar-refractivity contribution < 1.29 is 19.0 Å². The summed E-state index contributed by atoms with van der Waals surface area (Å²) in [6.07, 6.45) is 0. The normalized spacial score (nSPS) is 11.2. The van der Waals surface area contributed by atoms with Crippen molar-refractivity contribution in [1.29, 1.82) is 0 Å². The first-order valence-electron chi connectivity index (χ1n) is 10.3. The minimum absolute atomic E-state index is 0.280. The Bertz CT molecular complexity index is 1170. The second-order valence-electron chi connectivity index (χ2n) is 7.29. The Hall–Kier alpha value is -4.01. The Morgan fingerprint density at radius 1 is 1.00 bits per heavy atom. The van der Waals surface area contributed by atoms with E-state index in [0.29, 0.717) is 35.0 Å². The van der Waals surface area contributed by atoms with Crippen LogP contribution in [0.4, 0.5) is 5.69 Å². The molecule has 0 fully saturated rings. The Balaban J connectivity index is 1.91. The highest BCUT2D eigenvalue weighted by molar-refractivity contribution is 6.10. The Morgan fingerprint density at radius 2 is 1.70 bits per heavy atom. The van der Waals surface area contributed by atoms with Crippen LogP contribution in [0.5, 0.6) is 17.2 Å². The molecule has 0 saturated heterocycles. The van der Waals surface area contributed by atoms with Crippen molar-refractivity contribution in [2.24, 2.45) is 12.0 Å². The smallest absolute Gasteiger partial charge is 0.258 e. The molecule has 33 heavy (non-hydrogen) atoms. The second kappa shape index (κ2) is 10.5. The van der Waals surface area contributed by atoms with Crippen LogP contribution >= 0.6 is 0 Å². The van der Waals surface area contributed by atoms with E-state index in [0.717, 1.165) is 17.0 Å². The van der Waals surface area contributed by atoms with Gasteiger partial charge in [0.15, 0.2) is 11.5 Å². The number of nitrogens with zero attached hydrogens (tertiary/aromatic N) is 3. The standard InChI is InChI=1S/C24H29N5O4/c1-15-18(16(2)29(3)28-15)14-25-24(26-19-9-7-8-10-20(19)31-4)27-23(30)17-11-12-21(32-5)22(13-17)33-6/h7-13H,14H2,1-6H3,(H2,25,26,27,30). The molecule has 0 aliphatic heterocycles. The Kier molecular flexibility index (Phi) is 7.55. The number of guanidine groups is 1. The molecule has 2 aromatic carbocycles. The van der Waals surface area contributed by atoms with E-state index in [2.05, 4.69) is 20.7 Å². The number of carbonyl (C=O) groups excluding carboxylic acids is 1. The van der Waals surface area contributed by atoms with Crippen molar-refractivity contribution in [2.75, 3.05) is 26.6 Å². The van der Waals surface area contributed by atoms with E-state index in [-0.39, 0.29) is 11.9 Å². The van der Waals surface area contributed by atoms with Crippen molar-refractivity contribution in [1.82, 2.24) is 15.1 Å². The fourth-order valence-electron chi connectivity index (χ4n) is 3.35. The summed E-state index contributed by atoms with van der Waals surface area (Å²) in [5.74, 6) is 1.55. The van der Waals surface area contributed by atoms with Gasteiger partial charge in [0, 0.05) is 23.9 Å². The molecule has 1 aromatic heterocycles. The summed E-state index contributed by atoms with van der Waals surface area (Å²) in [6.45, 7) is 4.27. The van der Waals surface area contributed by atoms with Crippen molar-refractivity contribution in [3.8, 4) is 17.2 Å². The van der Waals surface area contributed by atoms with E-state index in [1.54, 1.807) is 32.4 Å². The van der Waals surface area contributed by atoms with E-state index in [9.17, 15) is 4.79 Å². The Labute approximate surface area is 193 Å². The predicted octanol–water partition coefficient (Wildman–Crippen LogP) is 3.46. The number of carbonyl (C=O) groups is 1. The molecule has 0 aliphatic rings. The van der Waals surface area contributed by atoms with Gasteiger partial charge in [-0.3, -0.25) is 14.8 Å². The zero-order chi connectivity index (χ0) is 24.0. The van der Waals surface area contributed by atoms with Gasteiger partial charge in [-0.2, -0.15) is 5.10 Å². The summed E-state index contributed by atoms with van der Waals surface area (Å²) in [5.41, 5.74) is 3.97. The number of rotatable bonds is 7. The highest BCUT2D eigenvalue weighted by atomic mass is 16.5. The number of benzene rings is 2. The number of ether oxygens (including phenoxy) is 3. The minimum atomic E-state index is -0.350. The molecular weight excluding hydrogens is 422 g/mol. The maximum absolute atomic E-state index is 13.0. The maximum atomic E-state index is 13.0. The number of aliphatic imine (C=N–C) groups is 1. The van der Waals surface area contributed by atoms with Crippen LogP contribution in [-0.2, 0) is 13.6 Å². The summed E-state index contributed by atoms with van der Waals surface area (Å²) < 4.78 is 17.8. The van der Waals surface area contributed by atoms with Crippen LogP contribution in [0.15, 0.2) is 47.5 Å². The van der Waals surface area contributed by atoms with Crippen LogP contribution in [0.25, 0.3) is 0 Å².